The van der Waals surface area contributed by atoms with E-state index >= 15 is 0 Å². The molecule has 0 bridgehead atoms. The summed E-state index contributed by atoms with van der Waals surface area (Å²) >= 11 is 0. The summed E-state index contributed by atoms with van der Waals surface area (Å²) in [5.41, 5.74) is 9.72. The van der Waals surface area contributed by atoms with E-state index in [0.717, 1.165) is 33.2 Å². The van der Waals surface area contributed by atoms with E-state index < -0.39 is 0 Å². The summed E-state index contributed by atoms with van der Waals surface area (Å²) in [7, 11) is 0. The lowest BCUT2D eigenvalue weighted by Gasteiger charge is -2.29. The van der Waals surface area contributed by atoms with Gasteiger partial charge in [0.25, 0.3) is 0 Å². The Kier molecular flexibility index (Phi) is 5.04. The minimum absolute atomic E-state index is 0.276. The second-order valence-corrected chi connectivity index (χ2v) is 9.70. The molecule has 0 saturated heterocycles. The van der Waals surface area contributed by atoms with Crippen LogP contribution in [0.2, 0.25) is 0 Å². The van der Waals surface area contributed by atoms with Gasteiger partial charge in [-0.1, -0.05) is 92.7 Å². The monoisotopic (exact) mass is 453 g/mol. The molecule has 2 nitrogen and oxygen atoms in total. The predicted octanol–water partition coefficient (Wildman–Crippen LogP) is 8.95. The Morgan fingerprint density at radius 3 is 2.14 bits per heavy atom. The largest absolute Gasteiger partial charge is 0.456 e. The zero-order valence-electron chi connectivity index (χ0n) is 20.2. The average molecular weight is 454 g/mol. The van der Waals surface area contributed by atoms with Gasteiger partial charge in [0.15, 0.2) is 0 Å². The van der Waals surface area contributed by atoms with E-state index in [4.69, 9.17) is 9.40 Å². The fourth-order valence-electron chi connectivity index (χ4n) is 5.28. The summed E-state index contributed by atoms with van der Waals surface area (Å²) in [6, 6.07) is 36.1. The number of aromatic nitrogens is 1. The lowest BCUT2D eigenvalue weighted by atomic mass is 9.73. The smallest absolute Gasteiger partial charge is 0.135 e. The van der Waals surface area contributed by atoms with E-state index in [1.165, 1.54) is 27.8 Å². The van der Waals surface area contributed by atoms with Gasteiger partial charge in [-0.15, -0.1) is 0 Å². The molecule has 6 rings (SSSR count). The van der Waals surface area contributed by atoms with Gasteiger partial charge in [0.05, 0.1) is 5.69 Å². The van der Waals surface area contributed by atoms with Crippen LogP contribution in [0.15, 0.2) is 114 Å². The van der Waals surface area contributed by atoms with Gasteiger partial charge in [0.2, 0.25) is 0 Å². The topological polar surface area (TPSA) is 26.0 Å². The molecule has 0 spiro atoms. The van der Waals surface area contributed by atoms with Crippen molar-refractivity contribution in [3.8, 4) is 22.4 Å². The van der Waals surface area contributed by atoms with E-state index in [-0.39, 0.29) is 5.41 Å². The van der Waals surface area contributed by atoms with Crippen molar-refractivity contribution in [2.45, 2.75) is 26.2 Å². The van der Waals surface area contributed by atoms with Gasteiger partial charge in [-0.2, -0.15) is 0 Å². The summed E-state index contributed by atoms with van der Waals surface area (Å²) in [5.74, 6) is 0. The highest BCUT2D eigenvalue weighted by atomic mass is 16.3. The highest BCUT2D eigenvalue weighted by Gasteiger charge is 2.31. The summed E-state index contributed by atoms with van der Waals surface area (Å²) in [6.45, 7) is 6.73. The van der Waals surface area contributed by atoms with Gasteiger partial charge in [0.1, 0.15) is 11.2 Å². The number of hydrogen-bond donors (Lipinski definition) is 0. The second-order valence-electron chi connectivity index (χ2n) is 9.70. The Morgan fingerprint density at radius 2 is 1.37 bits per heavy atom. The number of nitrogens with zero attached hydrogens (tertiary/aromatic N) is 1. The van der Waals surface area contributed by atoms with Crippen LogP contribution in [0.25, 0.3) is 44.3 Å². The quantitative estimate of drug-likeness (QED) is 0.266. The van der Waals surface area contributed by atoms with Crippen LogP contribution in [0.1, 0.15) is 30.5 Å². The summed E-state index contributed by atoms with van der Waals surface area (Å²) in [5, 5.41) is 2.30. The van der Waals surface area contributed by atoms with Gasteiger partial charge in [-0.25, -0.2) is 0 Å². The van der Waals surface area contributed by atoms with Crippen molar-refractivity contribution in [2.75, 3.05) is 0 Å². The fourth-order valence-corrected chi connectivity index (χ4v) is 5.28. The number of aryl methyl sites for hydroxylation is 1. The molecule has 0 fully saturated rings. The molecule has 4 aromatic carbocycles. The molecule has 170 valence electrons. The van der Waals surface area contributed by atoms with Crippen molar-refractivity contribution in [3.63, 3.8) is 0 Å². The van der Waals surface area contributed by atoms with Gasteiger partial charge in [-0.3, -0.25) is 4.98 Å². The SMILES string of the molecule is Cc1cnc(-c2ccc3oc4ccccc4c3c2C(C)(C)c2ccccc2)cc1-c1ccccc1. The van der Waals surface area contributed by atoms with Crippen LogP contribution in [0.3, 0.4) is 0 Å². The average Bonchev–Trinajstić information content (AvgIpc) is 3.28. The molecule has 0 aliphatic rings. The predicted molar refractivity (Wildman–Crippen MR) is 146 cm³/mol. The number of rotatable bonds is 4. The maximum atomic E-state index is 6.31. The van der Waals surface area contributed by atoms with Gasteiger partial charge in [-0.05, 0) is 59.0 Å². The highest BCUT2D eigenvalue weighted by Crippen LogP contribution is 2.45. The molecule has 2 aromatic heterocycles. The molecule has 2 heterocycles. The molecule has 0 N–H and O–H groups in total. The van der Waals surface area contributed by atoms with E-state index in [1.54, 1.807) is 0 Å². The first-order chi connectivity index (χ1) is 17.0. The Balaban J connectivity index is 1.69. The number of fused-ring (bicyclic) bond motifs is 3. The number of para-hydroxylation sites is 1. The molecule has 35 heavy (non-hydrogen) atoms. The van der Waals surface area contributed by atoms with E-state index in [9.17, 15) is 0 Å². The Labute approximate surface area is 205 Å². The summed E-state index contributed by atoms with van der Waals surface area (Å²) in [4.78, 5) is 4.94. The number of benzene rings is 4. The molecule has 0 aliphatic carbocycles. The molecule has 0 aliphatic heterocycles. The van der Waals surface area contributed by atoms with Crippen molar-refractivity contribution in [3.05, 3.63) is 126 Å². The molecular weight excluding hydrogens is 426 g/mol. The van der Waals surface area contributed by atoms with Crippen LogP contribution in [0, 0.1) is 6.92 Å². The summed E-state index contributed by atoms with van der Waals surface area (Å²) < 4.78 is 6.31. The third-order valence-corrected chi connectivity index (χ3v) is 7.13. The minimum Gasteiger partial charge on any atom is -0.456 e. The molecule has 0 unspecified atom stereocenters. The Bertz CT molecular complexity index is 1660. The van der Waals surface area contributed by atoms with Gasteiger partial charge >= 0.3 is 0 Å². The first-order valence-corrected chi connectivity index (χ1v) is 12.1. The Hall–Kier alpha value is -4.17. The van der Waals surface area contributed by atoms with Crippen LogP contribution >= 0.6 is 0 Å². The maximum absolute atomic E-state index is 6.31. The molecule has 0 radical (unpaired) electrons. The zero-order valence-corrected chi connectivity index (χ0v) is 20.2. The van der Waals surface area contributed by atoms with Crippen molar-refractivity contribution in [2.24, 2.45) is 0 Å². The van der Waals surface area contributed by atoms with Crippen molar-refractivity contribution < 1.29 is 4.42 Å². The van der Waals surface area contributed by atoms with Crippen LogP contribution < -0.4 is 0 Å². The van der Waals surface area contributed by atoms with E-state index in [1.807, 2.05) is 18.3 Å². The standard InChI is InChI=1S/C33H27NO/c1-22-21-34-28(20-27(22)23-12-6-4-7-13-23)25-18-19-30-31(26-16-10-11-17-29(26)35-30)32(25)33(2,3)24-14-8-5-9-15-24/h4-21H,1-3H3. The molecule has 0 saturated carbocycles. The Morgan fingerprint density at radius 1 is 0.686 bits per heavy atom. The van der Waals surface area contributed by atoms with Crippen molar-refractivity contribution in [1.82, 2.24) is 4.98 Å². The fraction of sp³-hybridized carbons (Fsp3) is 0.121. The molecular formula is C33H27NO. The van der Waals surface area contributed by atoms with E-state index in [0.29, 0.717) is 0 Å². The first-order valence-electron chi connectivity index (χ1n) is 12.1. The third kappa shape index (κ3) is 3.54. The second kappa shape index (κ2) is 8.25. The van der Waals surface area contributed by atoms with Gasteiger partial charge < -0.3 is 4.42 Å². The number of hydrogen-bond acceptors (Lipinski definition) is 2. The van der Waals surface area contributed by atoms with Gasteiger partial charge in [0, 0.05) is 27.9 Å². The van der Waals surface area contributed by atoms with Crippen LogP contribution in [0.4, 0.5) is 0 Å². The number of furan rings is 1. The normalized spacial score (nSPS) is 11.9. The molecule has 2 heteroatoms. The van der Waals surface area contributed by atoms with E-state index in [2.05, 4.69) is 112 Å². The zero-order chi connectivity index (χ0) is 24.0. The van der Waals surface area contributed by atoms with Crippen LogP contribution in [0.5, 0.6) is 0 Å². The van der Waals surface area contributed by atoms with Crippen molar-refractivity contribution in [1.29, 1.82) is 0 Å². The number of pyridine rings is 1. The minimum atomic E-state index is -0.276. The third-order valence-electron chi connectivity index (χ3n) is 7.13. The van der Waals surface area contributed by atoms with Crippen molar-refractivity contribution >= 4 is 21.9 Å². The lowest BCUT2D eigenvalue weighted by Crippen LogP contribution is -2.20. The van der Waals surface area contributed by atoms with Crippen LogP contribution in [-0.4, -0.2) is 4.98 Å². The molecule has 6 aromatic rings. The molecule has 0 atom stereocenters. The lowest BCUT2D eigenvalue weighted by molar-refractivity contribution is 0.643. The van der Waals surface area contributed by atoms with Crippen LogP contribution in [-0.2, 0) is 5.41 Å². The summed E-state index contributed by atoms with van der Waals surface area (Å²) in [6.07, 6.45) is 1.99. The highest BCUT2D eigenvalue weighted by molar-refractivity contribution is 6.09. The first kappa shape index (κ1) is 21.4. The maximum Gasteiger partial charge on any atom is 0.135 e. The molecule has 0 amide bonds.